The first-order valence-corrected chi connectivity index (χ1v) is 6.19. The molecule has 0 fully saturated rings. The molecular weight excluding hydrogens is 278 g/mol. The first-order chi connectivity index (χ1) is 10.0. The molecule has 2 rings (SSSR count). The third kappa shape index (κ3) is 3.42. The highest BCUT2D eigenvalue weighted by Crippen LogP contribution is 2.15. The number of hydrogen-bond donors (Lipinski definition) is 1. The number of aromatic nitrogens is 2. The maximum absolute atomic E-state index is 13.5. The molecule has 2 aromatic rings. The van der Waals surface area contributed by atoms with Crippen LogP contribution in [0.4, 0.5) is 14.6 Å². The minimum Gasteiger partial charge on any atom is -0.307 e. The standard InChI is InChI=1S/C14H12F2N4O/c1-9-7-13(20(19-9)6-2-5-17)18-14(21)11-4-3-10(15)8-12(11)16/h3-4,7-8H,2,6H2,1H3,(H,18,21). The van der Waals surface area contributed by atoms with Gasteiger partial charge < -0.3 is 5.32 Å². The van der Waals surface area contributed by atoms with Crippen molar-refractivity contribution in [1.29, 1.82) is 5.26 Å². The predicted octanol–water partition coefficient (Wildman–Crippen LogP) is 2.64. The summed E-state index contributed by atoms with van der Waals surface area (Å²) in [6, 6.07) is 6.31. The number of benzene rings is 1. The highest BCUT2D eigenvalue weighted by atomic mass is 19.1. The van der Waals surface area contributed by atoms with Gasteiger partial charge in [0.05, 0.1) is 30.3 Å². The van der Waals surface area contributed by atoms with Crippen LogP contribution in [0.2, 0.25) is 0 Å². The van der Waals surface area contributed by atoms with E-state index in [-0.39, 0.29) is 12.0 Å². The second-order valence-corrected chi connectivity index (χ2v) is 4.38. The molecule has 0 saturated heterocycles. The van der Waals surface area contributed by atoms with Gasteiger partial charge in [0.2, 0.25) is 0 Å². The number of nitrogens with zero attached hydrogens (tertiary/aromatic N) is 3. The summed E-state index contributed by atoms with van der Waals surface area (Å²) in [7, 11) is 0. The molecule has 0 unspecified atom stereocenters. The van der Waals surface area contributed by atoms with Crippen LogP contribution in [-0.2, 0) is 6.54 Å². The summed E-state index contributed by atoms with van der Waals surface area (Å²) < 4.78 is 27.8. The van der Waals surface area contributed by atoms with Gasteiger partial charge in [0, 0.05) is 12.1 Å². The molecule has 108 valence electrons. The van der Waals surface area contributed by atoms with Crippen LogP contribution in [-0.4, -0.2) is 15.7 Å². The zero-order chi connectivity index (χ0) is 15.4. The Morgan fingerprint density at radius 1 is 1.43 bits per heavy atom. The van der Waals surface area contributed by atoms with Crippen molar-refractivity contribution in [3.63, 3.8) is 0 Å². The van der Waals surface area contributed by atoms with Crippen molar-refractivity contribution >= 4 is 11.7 Å². The average Bonchev–Trinajstić information content (AvgIpc) is 2.76. The minimum absolute atomic E-state index is 0.231. The SMILES string of the molecule is Cc1cc(NC(=O)c2ccc(F)cc2F)n(CCC#N)n1. The van der Waals surface area contributed by atoms with Crippen molar-refractivity contribution in [2.24, 2.45) is 0 Å². The van der Waals surface area contributed by atoms with E-state index in [2.05, 4.69) is 10.4 Å². The van der Waals surface area contributed by atoms with E-state index < -0.39 is 17.5 Å². The number of carbonyl (C=O) groups is 1. The van der Waals surface area contributed by atoms with Crippen LogP contribution in [0.15, 0.2) is 24.3 Å². The van der Waals surface area contributed by atoms with E-state index in [4.69, 9.17) is 5.26 Å². The molecule has 7 heteroatoms. The summed E-state index contributed by atoms with van der Waals surface area (Å²) in [5.41, 5.74) is 0.393. The summed E-state index contributed by atoms with van der Waals surface area (Å²) in [5, 5.41) is 15.2. The van der Waals surface area contributed by atoms with Crippen LogP contribution in [0.25, 0.3) is 0 Å². The molecule has 0 spiro atoms. The number of anilines is 1. The third-order valence-electron chi connectivity index (χ3n) is 2.75. The second kappa shape index (κ2) is 6.13. The second-order valence-electron chi connectivity index (χ2n) is 4.38. The summed E-state index contributed by atoms with van der Waals surface area (Å²) in [5.74, 6) is -2.03. The molecule has 0 atom stereocenters. The zero-order valence-corrected chi connectivity index (χ0v) is 11.2. The van der Waals surface area contributed by atoms with E-state index in [1.165, 1.54) is 4.68 Å². The van der Waals surface area contributed by atoms with Gasteiger partial charge in [-0.1, -0.05) is 0 Å². The van der Waals surface area contributed by atoms with E-state index in [1.54, 1.807) is 13.0 Å². The van der Waals surface area contributed by atoms with Crippen molar-refractivity contribution < 1.29 is 13.6 Å². The fraction of sp³-hybridized carbons (Fsp3) is 0.214. The number of nitriles is 1. The lowest BCUT2D eigenvalue weighted by molar-refractivity contribution is 0.102. The number of amides is 1. The van der Waals surface area contributed by atoms with Gasteiger partial charge in [-0.15, -0.1) is 0 Å². The quantitative estimate of drug-likeness (QED) is 0.941. The molecule has 1 heterocycles. The summed E-state index contributed by atoms with van der Waals surface area (Å²) in [6.07, 6.45) is 0.231. The van der Waals surface area contributed by atoms with Crippen molar-refractivity contribution in [2.75, 3.05) is 5.32 Å². The van der Waals surface area contributed by atoms with Gasteiger partial charge in [0.1, 0.15) is 17.5 Å². The lowest BCUT2D eigenvalue weighted by Gasteiger charge is -2.08. The number of halogens is 2. The lowest BCUT2D eigenvalue weighted by atomic mass is 10.2. The van der Waals surface area contributed by atoms with E-state index in [0.717, 1.165) is 12.1 Å². The first kappa shape index (κ1) is 14.7. The lowest BCUT2D eigenvalue weighted by Crippen LogP contribution is -2.17. The van der Waals surface area contributed by atoms with Crippen LogP contribution in [0.1, 0.15) is 22.5 Å². The topological polar surface area (TPSA) is 70.7 Å². The Morgan fingerprint density at radius 3 is 2.86 bits per heavy atom. The molecule has 1 amide bonds. The maximum Gasteiger partial charge on any atom is 0.259 e. The average molecular weight is 290 g/mol. The van der Waals surface area contributed by atoms with Gasteiger partial charge >= 0.3 is 0 Å². The molecule has 21 heavy (non-hydrogen) atoms. The fourth-order valence-corrected chi connectivity index (χ4v) is 1.83. The number of rotatable bonds is 4. The largest absolute Gasteiger partial charge is 0.307 e. The van der Waals surface area contributed by atoms with E-state index in [0.29, 0.717) is 24.1 Å². The van der Waals surface area contributed by atoms with Crippen molar-refractivity contribution in [1.82, 2.24) is 9.78 Å². The molecule has 1 aromatic heterocycles. The fourth-order valence-electron chi connectivity index (χ4n) is 1.83. The van der Waals surface area contributed by atoms with Crippen LogP contribution in [0, 0.1) is 29.9 Å². The Balaban J connectivity index is 2.21. The Hall–Kier alpha value is -2.75. The third-order valence-corrected chi connectivity index (χ3v) is 2.75. The van der Waals surface area contributed by atoms with Crippen LogP contribution >= 0.6 is 0 Å². The van der Waals surface area contributed by atoms with Crippen LogP contribution in [0.5, 0.6) is 0 Å². The molecule has 1 aromatic carbocycles. The number of aryl methyl sites for hydroxylation is 2. The Bertz CT molecular complexity index is 718. The summed E-state index contributed by atoms with van der Waals surface area (Å²) in [6.45, 7) is 2.04. The van der Waals surface area contributed by atoms with Gasteiger partial charge in [0.15, 0.2) is 0 Å². The minimum atomic E-state index is -0.938. The van der Waals surface area contributed by atoms with Crippen LogP contribution in [0.3, 0.4) is 0 Å². The van der Waals surface area contributed by atoms with Gasteiger partial charge in [-0.05, 0) is 19.1 Å². The number of hydrogen-bond acceptors (Lipinski definition) is 3. The maximum atomic E-state index is 13.5. The monoisotopic (exact) mass is 290 g/mol. The van der Waals surface area contributed by atoms with E-state index >= 15 is 0 Å². The molecule has 5 nitrogen and oxygen atoms in total. The highest BCUT2D eigenvalue weighted by Gasteiger charge is 2.15. The van der Waals surface area contributed by atoms with Crippen molar-refractivity contribution in [3.05, 3.63) is 47.2 Å². The zero-order valence-electron chi connectivity index (χ0n) is 11.2. The smallest absolute Gasteiger partial charge is 0.259 e. The summed E-state index contributed by atoms with van der Waals surface area (Å²) in [4.78, 5) is 12.0. The van der Waals surface area contributed by atoms with Gasteiger partial charge in [0.25, 0.3) is 5.91 Å². The summed E-state index contributed by atoms with van der Waals surface area (Å²) >= 11 is 0. The van der Waals surface area contributed by atoms with E-state index in [1.807, 2.05) is 6.07 Å². The molecular formula is C14H12F2N4O. The van der Waals surface area contributed by atoms with Crippen molar-refractivity contribution in [2.45, 2.75) is 19.9 Å². The molecule has 0 aliphatic carbocycles. The molecule has 0 aliphatic rings. The normalized spacial score (nSPS) is 10.2. The van der Waals surface area contributed by atoms with E-state index in [9.17, 15) is 13.6 Å². The first-order valence-electron chi connectivity index (χ1n) is 6.19. The van der Waals surface area contributed by atoms with Gasteiger partial charge in [-0.3, -0.25) is 4.79 Å². The highest BCUT2D eigenvalue weighted by molar-refractivity contribution is 6.04. The van der Waals surface area contributed by atoms with Gasteiger partial charge in [-0.25, -0.2) is 13.5 Å². The molecule has 0 bridgehead atoms. The van der Waals surface area contributed by atoms with Gasteiger partial charge in [-0.2, -0.15) is 10.4 Å². The Kier molecular flexibility index (Phi) is 4.28. The molecule has 0 saturated carbocycles. The number of nitrogens with one attached hydrogen (secondary N) is 1. The molecule has 0 aliphatic heterocycles. The Labute approximate surface area is 119 Å². The molecule has 1 N–H and O–H groups in total. The molecule has 0 radical (unpaired) electrons. The Morgan fingerprint density at radius 2 is 2.19 bits per heavy atom. The predicted molar refractivity (Wildman–Crippen MR) is 71.5 cm³/mol. The van der Waals surface area contributed by atoms with Crippen LogP contribution < -0.4 is 5.32 Å². The van der Waals surface area contributed by atoms with Crippen molar-refractivity contribution in [3.8, 4) is 6.07 Å². The number of carbonyl (C=O) groups excluding carboxylic acids is 1.